The summed E-state index contributed by atoms with van der Waals surface area (Å²) in [5.41, 5.74) is -0.735. The molecule has 0 aromatic heterocycles. The van der Waals surface area contributed by atoms with E-state index in [1.54, 1.807) is 21.2 Å². The Balaban J connectivity index is 1.95. The van der Waals surface area contributed by atoms with Crippen molar-refractivity contribution < 1.29 is 65.4 Å². The quantitative estimate of drug-likeness (QED) is 0.0554. The summed E-state index contributed by atoms with van der Waals surface area (Å²) in [6.45, 7) is 51.0. The van der Waals surface area contributed by atoms with E-state index in [0.29, 0.717) is 44.8 Å². The zero-order valence-corrected chi connectivity index (χ0v) is 56.9. The standard InChI is InChI=1S/C60H115NO14Si3/c1-27-66-60(17)38-49(68-43(7)55(60)65-34-33-39(2)3)71-51-42(6)69-56(54(50(51)61(18,19)63)75-78(25,26)59(14,15)16)72-52-44-35-40(4)45(73-76(21,22)57(8,9)10)32-30-28-29-31-41(5)67-47(62)37-46(53(52)64-20)70-48(36-44)74-77(23,24)58(11,12)13/h28-30,32,39-46,48-56H,27,31,33-38H2,1-26H3/b29-28+,32-30+/t40-,41-,42+,43-,44-,45+,46-,48?,49-,50-,51+,52+,53+,54+,55-,56-,60+/m1/s1. The molecule has 15 nitrogen and oxygen atoms in total. The molecule has 0 amide bonds. The van der Waals surface area contributed by atoms with Gasteiger partial charge in [-0.2, -0.15) is 0 Å². The maximum Gasteiger partial charge on any atom is 0.308 e. The number of hydrogen-bond donors (Lipinski definition) is 0. The van der Waals surface area contributed by atoms with Crippen molar-refractivity contribution in [2.75, 3.05) is 34.4 Å². The number of likely N-dealkylation sites (N-methyl/N-ethyl adjacent to an activating group) is 1. The van der Waals surface area contributed by atoms with Crippen LogP contribution in [0.15, 0.2) is 24.3 Å². The number of nitrogens with zero attached hydrogens (tertiary/aromatic N) is 1. The van der Waals surface area contributed by atoms with Gasteiger partial charge in [-0.05, 0) is 120 Å². The molecule has 2 bridgehead atoms. The Morgan fingerprint density at radius 1 is 0.756 bits per heavy atom. The molecule has 4 rings (SSSR count). The lowest BCUT2D eigenvalue weighted by Crippen LogP contribution is -2.71. The molecule has 0 N–H and O–H groups in total. The molecule has 18 heteroatoms. The largest absolute Gasteiger partial charge is 0.633 e. The highest BCUT2D eigenvalue weighted by molar-refractivity contribution is 6.75. The second-order valence-electron chi connectivity index (χ2n) is 29.2. The van der Waals surface area contributed by atoms with Crippen molar-refractivity contribution in [3.63, 3.8) is 0 Å². The smallest absolute Gasteiger partial charge is 0.308 e. The first-order chi connectivity index (χ1) is 35.6. The number of quaternary nitrogens is 1. The Morgan fingerprint density at radius 2 is 1.35 bits per heavy atom. The highest BCUT2D eigenvalue weighted by atomic mass is 28.4. The van der Waals surface area contributed by atoms with Crippen molar-refractivity contribution in [2.45, 2.75) is 302 Å². The molecule has 0 aromatic carbocycles. The fourth-order valence-electron chi connectivity index (χ4n) is 10.7. The van der Waals surface area contributed by atoms with Gasteiger partial charge >= 0.3 is 5.97 Å². The van der Waals surface area contributed by atoms with Crippen molar-refractivity contribution in [1.29, 1.82) is 0 Å². The number of cyclic esters (lactones) is 1. The van der Waals surface area contributed by atoms with Gasteiger partial charge in [-0.1, -0.05) is 107 Å². The first-order valence-corrected chi connectivity index (χ1v) is 38.5. The van der Waals surface area contributed by atoms with Crippen LogP contribution in [-0.2, 0) is 60.7 Å². The third-order valence-electron chi connectivity index (χ3n) is 18.4. The number of hydroxylamine groups is 3. The molecule has 3 fully saturated rings. The molecule has 0 aliphatic carbocycles. The van der Waals surface area contributed by atoms with E-state index in [2.05, 4.69) is 141 Å². The van der Waals surface area contributed by atoms with E-state index in [0.717, 1.165) is 6.42 Å². The van der Waals surface area contributed by atoms with E-state index in [4.69, 9.17) is 55.9 Å². The van der Waals surface area contributed by atoms with Crippen molar-refractivity contribution in [1.82, 2.24) is 0 Å². The minimum absolute atomic E-state index is 0.0343. The van der Waals surface area contributed by atoms with E-state index in [1.165, 1.54) is 0 Å². The van der Waals surface area contributed by atoms with E-state index in [1.807, 2.05) is 39.8 Å². The first-order valence-electron chi connectivity index (χ1n) is 29.7. The maximum absolute atomic E-state index is 15.3. The van der Waals surface area contributed by atoms with Crippen LogP contribution in [-0.4, -0.2) is 162 Å². The average molecular weight is 1160 g/mol. The number of fused-ring (bicyclic) bond motifs is 3. The first kappa shape index (κ1) is 69.6. The second kappa shape index (κ2) is 27.4. The number of carbonyl (C=O) groups excluding carboxylic acids is 1. The topological polar surface area (TPSA) is 151 Å². The van der Waals surface area contributed by atoms with Gasteiger partial charge < -0.3 is 65.8 Å². The van der Waals surface area contributed by atoms with Gasteiger partial charge in [0.15, 0.2) is 43.6 Å². The third kappa shape index (κ3) is 18.3. The highest BCUT2D eigenvalue weighted by Gasteiger charge is 2.59. The van der Waals surface area contributed by atoms with Crippen LogP contribution in [0, 0.1) is 23.0 Å². The van der Waals surface area contributed by atoms with Crippen LogP contribution in [0.2, 0.25) is 54.4 Å². The number of methoxy groups -OCH3 is 1. The summed E-state index contributed by atoms with van der Waals surface area (Å²) in [6, 6.07) is -0.862. The van der Waals surface area contributed by atoms with Crippen LogP contribution in [0.1, 0.15) is 156 Å². The third-order valence-corrected chi connectivity index (χ3v) is 31.8. The predicted molar refractivity (Wildman–Crippen MR) is 318 cm³/mol. The summed E-state index contributed by atoms with van der Waals surface area (Å²) >= 11 is 0. The van der Waals surface area contributed by atoms with Gasteiger partial charge in [0.2, 0.25) is 0 Å². The van der Waals surface area contributed by atoms with Crippen LogP contribution in [0.4, 0.5) is 0 Å². The van der Waals surface area contributed by atoms with Crippen LogP contribution < -0.4 is 0 Å². The monoisotopic (exact) mass is 1160 g/mol. The van der Waals surface area contributed by atoms with E-state index < -0.39 is 109 Å². The molecule has 3 saturated heterocycles. The lowest BCUT2D eigenvalue weighted by molar-refractivity contribution is -0.879. The summed E-state index contributed by atoms with van der Waals surface area (Å²) in [7, 11) is -2.59. The van der Waals surface area contributed by atoms with Gasteiger partial charge in [-0.15, -0.1) is 0 Å². The van der Waals surface area contributed by atoms with Gasteiger partial charge in [0.25, 0.3) is 0 Å². The van der Waals surface area contributed by atoms with Crippen molar-refractivity contribution in [2.24, 2.45) is 17.8 Å². The van der Waals surface area contributed by atoms with E-state index >= 15 is 5.21 Å². The molecule has 4 aliphatic rings. The Morgan fingerprint density at radius 3 is 1.90 bits per heavy atom. The number of esters is 1. The second-order valence-corrected chi connectivity index (χ2v) is 43.4. The highest BCUT2D eigenvalue weighted by Crippen LogP contribution is 2.47. The average Bonchev–Trinajstić information content (AvgIpc) is 3.37. The van der Waals surface area contributed by atoms with Crippen LogP contribution >= 0.6 is 0 Å². The zero-order chi connectivity index (χ0) is 59.4. The fraction of sp³-hybridized carbons (Fsp3) is 0.917. The van der Waals surface area contributed by atoms with Gasteiger partial charge in [0.05, 0.1) is 56.6 Å². The van der Waals surface area contributed by atoms with Crippen LogP contribution in [0.3, 0.4) is 0 Å². The number of allylic oxidation sites excluding steroid dienone is 2. The van der Waals surface area contributed by atoms with Crippen molar-refractivity contribution in [3.8, 4) is 0 Å². The predicted octanol–water partition coefficient (Wildman–Crippen LogP) is 13.2. The lowest BCUT2D eigenvalue weighted by atomic mass is 9.83. The Bertz CT molecular complexity index is 1920. The summed E-state index contributed by atoms with van der Waals surface area (Å²) < 4.78 is 83.1. The molecule has 17 atom stereocenters. The van der Waals surface area contributed by atoms with Gasteiger partial charge in [-0.25, -0.2) is 0 Å². The normalized spacial score (nSPS) is 36.8. The number of carbonyl (C=O) groups is 1. The number of rotatable bonds is 18. The summed E-state index contributed by atoms with van der Waals surface area (Å²) in [6.07, 6.45) is 2.25. The minimum atomic E-state index is -2.74. The van der Waals surface area contributed by atoms with E-state index in [9.17, 15) is 4.79 Å². The molecule has 0 saturated carbocycles. The Hall–Kier alpha value is -0.919. The number of ether oxygens (including phenoxy) is 9. The molecule has 4 aliphatic heterocycles. The van der Waals surface area contributed by atoms with Gasteiger partial charge in [0.1, 0.15) is 36.7 Å². The molecule has 456 valence electrons. The number of hydrogen-bond acceptors (Lipinski definition) is 14. The summed E-state index contributed by atoms with van der Waals surface area (Å²) in [5.74, 6) is -0.267. The summed E-state index contributed by atoms with van der Waals surface area (Å²) in [5, 5.41) is 14.8. The fourth-order valence-corrected chi connectivity index (χ4v) is 14.5. The molecular weight excluding hydrogens is 1040 g/mol. The zero-order valence-electron chi connectivity index (χ0n) is 53.9. The molecule has 78 heavy (non-hydrogen) atoms. The molecule has 0 aromatic rings. The molecule has 1 unspecified atom stereocenters. The molecule has 0 radical (unpaired) electrons. The Labute approximate surface area is 478 Å². The minimum Gasteiger partial charge on any atom is -0.633 e. The van der Waals surface area contributed by atoms with Crippen molar-refractivity contribution in [3.05, 3.63) is 29.5 Å². The van der Waals surface area contributed by atoms with Gasteiger partial charge in [-0.3, -0.25) is 4.79 Å². The van der Waals surface area contributed by atoms with Crippen molar-refractivity contribution >= 4 is 30.9 Å². The van der Waals surface area contributed by atoms with E-state index in [-0.39, 0.29) is 51.7 Å². The lowest BCUT2D eigenvalue weighted by Gasteiger charge is -2.57. The molecular formula is C60H115NO14Si3. The van der Waals surface area contributed by atoms with Gasteiger partial charge in [0, 0.05) is 39.6 Å². The van der Waals surface area contributed by atoms with Crippen LogP contribution in [0.25, 0.3) is 0 Å². The SMILES string of the molecule is CCO[C@@]1(C)C[C@@H](O[C@@H]2[C@@H]([N+](C)(C)[O-])[C@H](O[Si](C)(C)C(C)(C)C)[C@@H](O[C@H]3[C@H]4CC(O[Si](C)(C)C(C)(C)C)O[C@H](CC(=O)O[C@H](C)C/C=C/C=C/[C@H](O[Si](C)(C)C(C)(C)C)[C@H](C)C4)[C@@H]3OC)O[C@H]2C)O[C@H](C)[C@H]1OCCC(C)C. The molecule has 0 spiro atoms. The maximum atomic E-state index is 15.3. The molecule has 4 heterocycles. The Kier molecular flexibility index (Phi) is 24.5. The summed E-state index contributed by atoms with van der Waals surface area (Å²) in [4.78, 5) is 14.2. The van der Waals surface area contributed by atoms with Crippen LogP contribution in [0.5, 0.6) is 0 Å².